The highest BCUT2D eigenvalue weighted by molar-refractivity contribution is 6.42. The minimum absolute atomic E-state index is 0.113. The number of carboxylic acids is 1. The molecule has 30 heavy (non-hydrogen) atoms. The van der Waals surface area contributed by atoms with Crippen LogP contribution in [0.2, 0.25) is 0 Å². The third-order valence-electron chi connectivity index (χ3n) is 4.39. The highest BCUT2D eigenvalue weighted by Crippen LogP contribution is 2.25. The first-order valence-electron chi connectivity index (χ1n) is 9.22. The second-order valence-electron chi connectivity index (χ2n) is 6.43. The first kappa shape index (κ1) is 20.7. The number of hydrogen-bond acceptors (Lipinski definition) is 4. The van der Waals surface area contributed by atoms with E-state index in [9.17, 15) is 14.4 Å². The van der Waals surface area contributed by atoms with E-state index in [0.29, 0.717) is 22.8 Å². The van der Waals surface area contributed by atoms with Crippen LogP contribution < -0.4 is 15.5 Å². The zero-order valence-corrected chi connectivity index (χ0v) is 16.3. The highest BCUT2D eigenvalue weighted by Gasteiger charge is 2.18. The average molecular weight is 407 g/mol. The van der Waals surface area contributed by atoms with Gasteiger partial charge in [-0.1, -0.05) is 18.2 Å². The Morgan fingerprint density at radius 2 is 1.63 bits per heavy atom. The molecule has 0 aliphatic rings. The van der Waals surface area contributed by atoms with Crippen LogP contribution in [0.3, 0.4) is 0 Å². The summed E-state index contributed by atoms with van der Waals surface area (Å²) >= 11 is 0. The maximum absolute atomic E-state index is 12.5. The molecular formula is C22H21N3O5. The Balaban J connectivity index is 1.85. The van der Waals surface area contributed by atoms with Gasteiger partial charge in [0.15, 0.2) is 0 Å². The number of aryl methyl sites for hydroxylation is 1. The fourth-order valence-corrected chi connectivity index (χ4v) is 2.89. The van der Waals surface area contributed by atoms with E-state index in [1.165, 1.54) is 4.68 Å². The average Bonchev–Trinajstić information content (AvgIpc) is 3.15. The number of carbonyl (C=O) groups is 3. The number of aromatic nitrogens is 1. The quantitative estimate of drug-likeness (QED) is 0.522. The molecule has 0 saturated carbocycles. The van der Waals surface area contributed by atoms with Crippen molar-refractivity contribution in [2.75, 3.05) is 17.9 Å². The minimum atomic E-state index is -0.957. The third kappa shape index (κ3) is 5.05. The van der Waals surface area contributed by atoms with E-state index in [1.807, 2.05) is 12.1 Å². The zero-order chi connectivity index (χ0) is 21.5. The van der Waals surface area contributed by atoms with Crippen LogP contribution in [0.15, 0.2) is 66.7 Å². The summed E-state index contributed by atoms with van der Waals surface area (Å²) in [5, 5.41) is 11.5. The molecule has 0 aliphatic carbocycles. The lowest BCUT2D eigenvalue weighted by Crippen LogP contribution is -2.35. The van der Waals surface area contributed by atoms with Crippen LogP contribution in [-0.4, -0.2) is 34.7 Å². The van der Waals surface area contributed by atoms with Gasteiger partial charge in [-0.15, -0.1) is 0 Å². The molecule has 2 amide bonds. The lowest BCUT2D eigenvalue weighted by Gasteiger charge is -2.15. The molecule has 0 spiro atoms. The van der Waals surface area contributed by atoms with Crippen molar-refractivity contribution < 1.29 is 24.2 Å². The summed E-state index contributed by atoms with van der Waals surface area (Å²) in [6, 6.07) is 19.3. The Kier molecular flexibility index (Phi) is 6.49. The first-order chi connectivity index (χ1) is 14.5. The summed E-state index contributed by atoms with van der Waals surface area (Å²) in [5.74, 6) is -1.99. The van der Waals surface area contributed by atoms with Gasteiger partial charge in [0.25, 0.3) is 0 Å². The molecule has 0 unspecified atom stereocenters. The predicted molar refractivity (Wildman–Crippen MR) is 112 cm³/mol. The largest absolute Gasteiger partial charge is 0.497 e. The molecule has 3 N–H and O–H groups in total. The van der Waals surface area contributed by atoms with Gasteiger partial charge >= 0.3 is 17.8 Å². The lowest BCUT2D eigenvalue weighted by atomic mass is 10.1. The Labute approximate surface area is 173 Å². The number of amides is 2. The molecule has 8 nitrogen and oxygen atoms in total. The van der Waals surface area contributed by atoms with Gasteiger partial charge in [0.05, 0.1) is 19.2 Å². The fourth-order valence-electron chi connectivity index (χ4n) is 2.89. The van der Waals surface area contributed by atoms with Gasteiger partial charge in [0, 0.05) is 23.4 Å². The number of nitrogens with zero attached hydrogens (tertiary/aromatic N) is 1. The monoisotopic (exact) mass is 407 g/mol. The van der Waals surface area contributed by atoms with Crippen molar-refractivity contribution in [3.8, 4) is 17.0 Å². The van der Waals surface area contributed by atoms with E-state index in [2.05, 4.69) is 10.7 Å². The predicted octanol–water partition coefficient (Wildman–Crippen LogP) is 2.89. The van der Waals surface area contributed by atoms with Crippen molar-refractivity contribution in [2.45, 2.75) is 12.8 Å². The molecule has 2 aromatic carbocycles. The molecule has 0 fully saturated rings. The number of anilines is 1. The van der Waals surface area contributed by atoms with Crippen LogP contribution >= 0.6 is 0 Å². The van der Waals surface area contributed by atoms with E-state index < -0.39 is 17.8 Å². The number of nitrogens with one attached hydrogen (secondary N) is 2. The fraction of sp³-hybridized carbons (Fsp3) is 0.136. The molecule has 3 rings (SSSR count). The summed E-state index contributed by atoms with van der Waals surface area (Å²) < 4.78 is 6.61. The number of hydrogen-bond donors (Lipinski definition) is 3. The number of aliphatic carboxylic acids is 1. The zero-order valence-electron chi connectivity index (χ0n) is 16.3. The van der Waals surface area contributed by atoms with Gasteiger partial charge in [-0.05, 0) is 48.5 Å². The number of para-hydroxylation sites is 1. The van der Waals surface area contributed by atoms with Crippen LogP contribution in [0.4, 0.5) is 5.69 Å². The Hall–Kier alpha value is -4.07. The molecule has 1 heterocycles. The van der Waals surface area contributed by atoms with Crippen LogP contribution in [0.5, 0.6) is 5.75 Å². The molecule has 8 heteroatoms. The van der Waals surface area contributed by atoms with Gasteiger partial charge in [-0.25, -0.2) is 0 Å². The topological polar surface area (TPSA) is 110 Å². The Bertz CT molecular complexity index is 1040. The Morgan fingerprint density at radius 1 is 0.933 bits per heavy atom. The SMILES string of the molecule is COc1ccc(-c2ccc(CCC(=O)O)n2NC(=O)C(=O)Nc2ccccc2)cc1. The number of carboxylic acid groups (broad SMARTS) is 1. The molecular weight excluding hydrogens is 386 g/mol. The van der Waals surface area contributed by atoms with Crippen molar-refractivity contribution in [2.24, 2.45) is 0 Å². The number of rotatable bonds is 7. The third-order valence-corrected chi connectivity index (χ3v) is 4.39. The van der Waals surface area contributed by atoms with E-state index in [0.717, 1.165) is 5.56 Å². The summed E-state index contributed by atoms with van der Waals surface area (Å²) in [4.78, 5) is 35.8. The molecule has 0 radical (unpaired) electrons. The van der Waals surface area contributed by atoms with Crippen LogP contribution in [-0.2, 0) is 20.8 Å². The number of benzene rings is 2. The van der Waals surface area contributed by atoms with Crippen LogP contribution in [0.25, 0.3) is 11.3 Å². The van der Waals surface area contributed by atoms with Crippen molar-refractivity contribution in [3.63, 3.8) is 0 Å². The molecule has 0 atom stereocenters. The van der Waals surface area contributed by atoms with E-state index in [4.69, 9.17) is 9.84 Å². The van der Waals surface area contributed by atoms with Gasteiger partial charge in [0.2, 0.25) is 0 Å². The smallest absolute Gasteiger partial charge is 0.328 e. The minimum Gasteiger partial charge on any atom is -0.497 e. The molecule has 1 aromatic heterocycles. The van der Waals surface area contributed by atoms with Gasteiger partial charge in [0.1, 0.15) is 5.75 Å². The van der Waals surface area contributed by atoms with Crippen LogP contribution in [0, 0.1) is 0 Å². The second kappa shape index (κ2) is 9.42. The molecule has 154 valence electrons. The van der Waals surface area contributed by atoms with Crippen molar-refractivity contribution in [3.05, 3.63) is 72.4 Å². The standard InChI is InChI=1S/C22H21N3O5/c1-30-18-11-7-15(8-12-18)19-13-9-17(10-14-20(26)27)25(19)24-22(29)21(28)23-16-5-3-2-4-6-16/h2-9,11-13H,10,14H2,1H3,(H,23,28)(H,24,29)(H,26,27). The van der Waals surface area contributed by atoms with E-state index in [-0.39, 0.29) is 12.8 Å². The van der Waals surface area contributed by atoms with Crippen molar-refractivity contribution >= 4 is 23.5 Å². The van der Waals surface area contributed by atoms with Gasteiger partial charge in [-0.2, -0.15) is 0 Å². The Morgan fingerprint density at radius 3 is 2.27 bits per heavy atom. The van der Waals surface area contributed by atoms with E-state index >= 15 is 0 Å². The van der Waals surface area contributed by atoms with Crippen molar-refractivity contribution in [1.82, 2.24) is 4.68 Å². The maximum atomic E-state index is 12.5. The van der Waals surface area contributed by atoms with E-state index in [1.54, 1.807) is 61.7 Å². The number of carbonyl (C=O) groups excluding carboxylic acids is 2. The van der Waals surface area contributed by atoms with Gasteiger partial charge in [-0.3, -0.25) is 24.5 Å². The summed E-state index contributed by atoms with van der Waals surface area (Å²) in [6.45, 7) is 0. The molecule has 3 aromatic rings. The summed E-state index contributed by atoms with van der Waals surface area (Å²) in [7, 11) is 1.56. The maximum Gasteiger partial charge on any atom is 0.328 e. The normalized spacial score (nSPS) is 10.3. The number of methoxy groups -OCH3 is 1. The summed E-state index contributed by atoms with van der Waals surface area (Å²) in [5.41, 5.74) is 5.00. The lowest BCUT2D eigenvalue weighted by molar-refractivity contribution is -0.137. The summed E-state index contributed by atoms with van der Waals surface area (Å²) in [6.07, 6.45) is 0.0736. The van der Waals surface area contributed by atoms with Gasteiger partial charge < -0.3 is 15.2 Å². The van der Waals surface area contributed by atoms with Crippen molar-refractivity contribution in [1.29, 1.82) is 0 Å². The second-order valence-corrected chi connectivity index (χ2v) is 6.43. The molecule has 0 bridgehead atoms. The first-order valence-corrected chi connectivity index (χ1v) is 9.22. The molecule has 0 saturated heterocycles. The molecule has 0 aliphatic heterocycles. The highest BCUT2D eigenvalue weighted by atomic mass is 16.5. The van der Waals surface area contributed by atoms with Crippen LogP contribution in [0.1, 0.15) is 12.1 Å². The number of ether oxygens (including phenoxy) is 1.